The molecule has 0 saturated carbocycles. The van der Waals surface area contributed by atoms with E-state index in [4.69, 9.17) is 11.6 Å². The summed E-state index contributed by atoms with van der Waals surface area (Å²) in [6.45, 7) is 5.93. The smallest absolute Gasteiger partial charge is 0.230 e. The Morgan fingerprint density at radius 1 is 1.33 bits per heavy atom. The fourth-order valence-electron chi connectivity index (χ4n) is 3.20. The molecule has 1 saturated heterocycles. The number of carbonyl (C=O) groups is 1. The average Bonchev–Trinajstić information content (AvgIpc) is 3.02. The van der Waals surface area contributed by atoms with Crippen molar-refractivity contribution in [3.05, 3.63) is 34.9 Å². The van der Waals surface area contributed by atoms with Gasteiger partial charge in [-0.3, -0.25) is 4.79 Å². The van der Waals surface area contributed by atoms with Crippen LogP contribution in [0.1, 0.15) is 45.1 Å². The van der Waals surface area contributed by atoms with Crippen LogP contribution >= 0.6 is 11.6 Å². The number of rotatable bonds is 6. The van der Waals surface area contributed by atoms with E-state index in [2.05, 4.69) is 24.5 Å². The zero-order valence-electron chi connectivity index (χ0n) is 12.9. The van der Waals surface area contributed by atoms with Crippen LogP contribution in [0.5, 0.6) is 0 Å². The first-order chi connectivity index (χ1) is 10.1. The molecule has 1 aliphatic heterocycles. The summed E-state index contributed by atoms with van der Waals surface area (Å²) in [4.78, 5) is 12.8. The first kappa shape index (κ1) is 16.3. The number of benzene rings is 1. The van der Waals surface area contributed by atoms with E-state index in [1.165, 1.54) is 6.42 Å². The second-order valence-electron chi connectivity index (χ2n) is 5.80. The van der Waals surface area contributed by atoms with E-state index in [-0.39, 0.29) is 5.91 Å². The number of hydrogen-bond acceptors (Lipinski definition) is 2. The highest BCUT2D eigenvalue weighted by atomic mass is 35.5. The van der Waals surface area contributed by atoms with Crippen LogP contribution in [-0.4, -0.2) is 25.0 Å². The maximum Gasteiger partial charge on any atom is 0.230 e. The van der Waals surface area contributed by atoms with Crippen LogP contribution in [0.2, 0.25) is 5.02 Å². The van der Waals surface area contributed by atoms with Gasteiger partial charge in [0, 0.05) is 17.6 Å². The van der Waals surface area contributed by atoms with E-state index in [0.29, 0.717) is 17.6 Å². The van der Waals surface area contributed by atoms with Gasteiger partial charge in [0.1, 0.15) is 0 Å². The normalized spacial score (nSPS) is 18.7. The van der Waals surface area contributed by atoms with Gasteiger partial charge in [-0.25, -0.2) is 0 Å². The quantitative estimate of drug-likeness (QED) is 0.847. The van der Waals surface area contributed by atoms with Gasteiger partial charge in [-0.1, -0.05) is 37.6 Å². The molecule has 0 radical (unpaired) electrons. The summed E-state index contributed by atoms with van der Waals surface area (Å²) >= 11 is 5.97. The minimum absolute atomic E-state index is 0.128. The third-order valence-electron chi connectivity index (χ3n) is 4.71. The van der Waals surface area contributed by atoms with Crippen molar-refractivity contribution in [3.63, 3.8) is 0 Å². The lowest BCUT2D eigenvalue weighted by Gasteiger charge is -2.31. The van der Waals surface area contributed by atoms with Gasteiger partial charge in [-0.2, -0.15) is 0 Å². The first-order valence-electron chi connectivity index (χ1n) is 7.90. The third-order valence-corrected chi connectivity index (χ3v) is 4.96. The molecular formula is C17H25ClN2O. The van der Waals surface area contributed by atoms with E-state index in [9.17, 15) is 4.79 Å². The van der Waals surface area contributed by atoms with Gasteiger partial charge in [0.05, 0.1) is 5.41 Å². The van der Waals surface area contributed by atoms with Crippen molar-refractivity contribution < 1.29 is 4.79 Å². The molecular weight excluding hydrogens is 284 g/mol. The van der Waals surface area contributed by atoms with Crippen molar-refractivity contribution in [2.24, 2.45) is 0 Å². The average molecular weight is 309 g/mol. The lowest BCUT2D eigenvalue weighted by atomic mass is 9.75. The molecule has 1 amide bonds. The Kier molecular flexibility index (Phi) is 5.65. The van der Waals surface area contributed by atoms with E-state index < -0.39 is 5.41 Å². The summed E-state index contributed by atoms with van der Waals surface area (Å²) in [7, 11) is 0. The summed E-state index contributed by atoms with van der Waals surface area (Å²) in [5.41, 5.74) is 0.595. The predicted octanol–water partition coefficient (Wildman–Crippen LogP) is 3.27. The van der Waals surface area contributed by atoms with Crippen LogP contribution in [0.15, 0.2) is 24.3 Å². The largest absolute Gasteiger partial charge is 0.354 e. The van der Waals surface area contributed by atoms with Crippen molar-refractivity contribution in [2.45, 2.75) is 51.0 Å². The number of amides is 1. The maximum absolute atomic E-state index is 12.8. The third kappa shape index (κ3) is 3.58. The highest BCUT2D eigenvalue weighted by molar-refractivity contribution is 6.30. The first-order valence-corrected chi connectivity index (χ1v) is 8.28. The Hall–Kier alpha value is -1.06. The summed E-state index contributed by atoms with van der Waals surface area (Å²) in [5.74, 6) is 0.128. The van der Waals surface area contributed by atoms with Gasteiger partial charge in [-0.15, -0.1) is 0 Å². The van der Waals surface area contributed by atoms with Crippen molar-refractivity contribution in [2.75, 3.05) is 13.1 Å². The zero-order valence-corrected chi connectivity index (χ0v) is 13.7. The lowest BCUT2D eigenvalue weighted by Crippen LogP contribution is -2.47. The molecule has 1 heterocycles. The molecule has 0 aliphatic carbocycles. The number of hydrogen-bond donors (Lipinski definition) is 2. The van der Waals surface area contributed by atoms with Crippen LogP contribution in [-0.2, 0) is 10.2 Å². The SMILES string of the molecule is CCC(CC)(C(=O)NCC1CCCN1)c1ccc(Cl)cc1. The molecule has 1 unspecified atom stereocenters. The topological polar surface area (TPSA) is 41.1 Å². The fraction of sp³-hybridized carbons (Fsp3) is 0.588. The molecule has 0 spiro atoms. The van der Waals surface area contributed by atoms with Crippen LogP contribution in [0.25, 0.3) is 0 Å². The highest BCUT2D eigenvalue weighted by Gasteiger charge is 2.36. The summed E-state index contributed by atoms with van der Waals surface area (Å²) < 4.78 is 0. The second-order valence-corrected chi connectivity index (χ2v) is 6.24. The highest BCUT2D eigenvalue weighted by Crippen LogP contribution is 2.32. The monoisotopic (exact) mass is 308 g/mol. The summed E-state index contributed by atoms with van der Waals surface area (Å²) in [6, 6.07) is 8.10. The van der Waals surface area contributed by atoms with Crippen LogP contribution in [0, 0.1) is 0 Å². The molecule has 1 aromatic carbocycles. The van der Waals surface area contributed by atoms with E-state index in [1.807, 2.05) is 24.3 Å². The van der Waals surface area contributed by atoms with E-state index >= 15 is 0 Å². The minimum atomic E-state index is -0.455. The Bertz CT molecular complexity index is 462. The van der Waals surface area contributed by atoms with Crippen molar-refractivity contribution in [1.82, 2.24) is 10.6 Å². The molecule has 0 bridgehead atoms. The lowest BCUT2D eigenvalue weighted by molar-refractivity contribution is -0.127. The number of nitrogens with one attached hydrogen (secondary N) is 2. The fourth-order valence-corrected chi connectivity index (χ4v) is 3.32. The Morgan fingerprint density at radius 2 is 2.00 bits per heavy atom. The van der Waals surface area contributed by atoms with Crippen LogP contribution < -0.4 is 10.6 Å². The van der Waals surface area contributed by atoms with Gasteiger partial charge in [0.15, 0.2) is 0 Å². The number of carbonyl (C=O) groups excluding carboxylic acids is 1. The maximum atomic E-state index is 12.8. The van der Waals surface area contributed by atoms with Gasteiger partial charge in [-0.05, 0) is 49.9 Å². The Labute approximate surface area is 132 Å². The minimum Gasteiger partial charge on any atom is -0.354 e. The van der Waals surface area contributed by atoms with Crippen LogP contribution in [0.3, 0.4) is 0 Å². The Morgan fingerprint density at radius 3 is 2.52 bits per heavy atom. The summed E-state index contributed by atoms with van der Waals surface area (Å²) in [6.07, 6.45) is 3.92. The van der Waals surface area contributed by atoms with Crippen molar-refractivity contribution >= 4 is 17.5 Å². The summed E-state index contributed by atoms with van der Waals surface area (Å²) in [5, 5.41) is 7.26. The molecule has 2 rings (SSSR count). The van der Waals surface area contributed by atoms with Crippen molar-refractivity contribution in [3.8, 4) is 0 Å². The predicted molar refractivity (Wildman–Crippen MR) is 87.7 cm³/mol. The molecule has 1 atom stereocenters. The molecule has 1 fully saturated rings. The van der Waals surface area contributed by atoms with Gasteiger partial charge < -0.3 is 10.6 Å². The van der Waals surface area contributed by atoms with Gasteiger partial charge in [0.25, 0.3) is 0 Å². The standard InChI is InChI=1S/C17H25ClN2O/c1-3-17(4-2,13-7-9-14(18)10-8-13)16(21)20-12-15-6-5-11-19-15/h7-10,15,19H,3-6,11-12H2,1-2H3,(H,20,21). The second kappa shape index (κ2) is 7.28. The van der Waals surface area contributed by atoms with E-state index in [1.54, 1.807) is 0 Å². The molecule has 1 aromatic rings. The van der Waals surface area contributed by atoms with Crippen molar-refractivity contribution in [1.29, 1.82) is 0 Å². The molecule has 21 heavy (non-hydrogen) atoms. The van der Waals surface area contributed by atoms with Crippen LogP contribution in [0.4, 0.5) is 0 Å². The molecule has 3 nitrogen and oxygen atoms in total. The molecule has 2 N–H and O–H groups in total. The zero-order chi connectivity index (χ0) is 15.3. The molecule has 1 aliphatic rings. The molecule has 116 valence electrons. The van der Waals surface area contributed by atoms with Gasteiger partial charge in [0.2, 0.25) is 5.91 Å². The molecule has 0 aromatic heterocycles. The Balaban J connectivity index is 2.11. The molecule has 4 heteroatoms. The van der Waals surface area contributed by atoms with Gasteiger partial charge >= 0.3 is 0 Å². The van der Waals surface area contributed by atoms with E-state index in [0.717, 1.165) is 31.4 Å². The number of halogens is 1.